The number of nitrogens with one attached hydrogen (secondary N) is 2. The number of piperazine rings is 1. The predicted octanol–water partition coefficient (Wildman–Crippen LogP) is 3.55. The number of aromatic nitrogens is 5. The van der Waals surface area contributed by atoms with Crippen molar-refractivity contribution in [3.63, 3.8) is 0 Å². The summed E-state index contributed by atoms with van der Waals surface area (Å²) in [6, 6.07) is 12.9. The molecule has 1 aromatic carbocycles. The van der Waals surface area contributed by atoms with Gasteiger partial charge < -0.3 is 25.3 Å². The Morgan fingerprint density at radius 1 is 0.978 bits per heavy atom. The number of benzene rings is 1. The number of amides is 2. The van der Waals surface area contributed by atoms with Gasteiger partial charge in [-0.2, -0.15) is 9.90 Å². The first kappa shape index (κ1) is 30.2. The molecular weight excluding hydrogens is 568 g/mol. The van der Waals surface area contributed by atoms with Crippen LogP contribution >= 0.6 is 0 Å². The van der Waals surface area contributed by atoms with E-state index in [4.69, 9.17) is 4.98 Å². The number of carbonyl (C=O) groups is 2. The number of aryl methyl sites for hydroxylation is 2. The zero-order chi connectivity index (χ0) is 31.7. The molecule has 0 spiro atoms. The van der Waals surface area contributed by atoms with Gasteiger partial charge in [-0.25, -0.2) is 9.97 Å². The highest BCUT2D eigenvalue weighted by Gasteiger charge is 2.34. The third-order valence-corrected chi connectivity index (χ3v) is 8.71. The van der Waals surface area contributed by atoms with Crippen LogP contribution in [0.2, 0.25) is 0 Å². The molecule has 3 aromatic heterocycles. The van der Waals surface area contributed by atoms with Crippen molar-refractivity contribution in [3.05, 3.63) is 77.2 Å². The van der Waals surface area contributed by atoms with Crippen LogP contribution < -0.4 is 15.5 Å². The van der Waals surface area contributed by atoms with E-state index in [1.807, 2.05) is 55.6 Å². The molecule has 2 aliphatic heterocycles. The molecule has 5 heterocycles. The summed E-state index contributed by atoms with van der Waals surface area (Å²) in [5, 5.41) is 14.7. The molecule has 2 atom stereocenters. The van der Waals surface area contributed by atoms with Gasteiger partial charge in [0, 0.05) is 51.5 Å². The minimum Gasteiger partial charge on any atom is -0.354 e. The number of fused-ring (bicyclic) bond motifs is 1. The first-order valence-corrected chi connectivity index (χ1v) is 15.5. The van der Waals surface area contributed by atoms with Crippen molar-refractivity contribution in [2.75, 3.05) is 43.4 Å². The lowest BCUT2D eigenvalue weighted by Gasteiger charge is -2.33. The van der Waals surface area contributed by atoms with Gasteiger partial charge in [-0.1, -0.05) is 25.1 Å². The highest BCUT2D eigenvalue weighted by molar-refractivity contribution is 6.02. The van der Waals surface area contributed by atoms with Gasteiger partial charge in [-0.3, -0.25) is 9.59 Å². The summed E-state index contributed by atoms with van der Waals surface area (Å²) < 4.78 is 0. The van der Waals surface area contributed by atoms with E-state index in [-0.39, 0.29) is 17.9 Å². The van der Waals surface area contributed by atoms with Crippen LogP contribution in [0.15, 0.2) is 54.9 Å². The highest BCUT2D eigenvalue weighted by atomic mass is 16.2. The summed E-state index contributed by atoms with van der Waals surface area (Å²) in [7, 11) is 3.88. The Morgan fingerprint density at radius 2 is 1.78 bits per heavy atom. The van der Waals surface area contributed by atoms with Crippen molar-refractivity contribution in [2.24, 2.45) is 7.05 Å². The molecule has 0 aliphatic carbocycles. The van der Waals surface area contributed by atoms with Crippen molar-refractivity contribution >= 4 is 29.3 Å². The fourth-order valence-electron chi connectivity index (χ4n) is 5.88. The Bertz CT molecular complexity index is 1710. The van der Waals surface area contributed by atoms with Crippen LogP contribution in [0.25, 0.3) is 11.1 Å². The summed E-state index contributed by atoms with van der Waals surface area (Å²) in [4.78, 5) is 44.2. The maximum Gasteiger partial charge on any atom is 0.255 e. The van der Waals surface area contributed by atoms with Gasteiger partial charge in [0.25, 0.3) is 5.91 Å². The summed E-state index contributed by atoms with van der Waals surface area (Å²) in [5.41, 5.74) is 5.28. The maximum absolute atomic E-state index is 13.7. The van der Waals surface area contributed by atoms with Crippen LogP contribution in [0.4, 0.5) is 17.5 Å². The normalized spacial score (nSPS) is 16.4. The number of rotatable bonds is 9. The zero-order valence-electron chi connectivity index (χ0n) is 26.5. The van der Waals surface area contributed by atoms with Crippen molar-refractivity contribution in [3.8, 4) is 11.1 Å². The molecule has 4 aromatic rings. The number of pyridine rings is 2. The van der Waals surface area contributed by atoms with Gasteiger partial charge in [0.1, 0.15) is 17.7 Å². The molecule has 0 radical (unpaired) electrons. The SMILES string of the molecule is CCc1cnc(Nc2cnn(C)n2)cc1-c1ccc2c(c1)C(=O)N([C@H](C)C(=O)N[C@H](C)c1cccc(N3CCN(C)CC3)n1)C2. The molecule has 2 amide bonds. The van der Waals surface area contributed by atoms with Crippen molar-refractivity contribution in [2.45, 2.75) is 45.8 Å². The van der Waals surface area contributed by atoms with Crippen LogP contribution in [0.1, 0.15) is 54.0 Å². The van der Waals surface area contributed by atoms with Gasteiger partial charge in [0.2, 0.25) is 5.91 Å². The molecule has 12 heteroatoms. The number of likely N-dealkylation sites (N-methyl/N-ethyl adjacent to an activating group) is 1. The van der Waals surface area contributed by atoms with Gasteiger partial charge in [-0.05, 0) is 73.8 Å². The van der Waals surface area contributed by atoms with Crippen LogP contribution in [0.3, 0.4) is 0 Å². The van der Waals surface area contributed by atoms with E-state index in [0.717, 1.165) is 66.4 Å². The van der Waals surface area contributed by atoms with Gasteiger partial charge >= 0.3 is 0 Å². The third kappa shape index (κ3) is 6.37. The Balaban J connectivity index is 1.15. The molecule has 12 nitrogen and oxygen atoms in total. The molecular formula is C33H40N10O2. The van der Waals surface area contributed by atoms with Crippen molar-refractivity contribution in [1.82, 2.24) is 40.1 Å². The molecule has 45 heavy (non-hydrogen) atoms. The Hall–Kier alpha value is -4.84. The molecule has 0 bridgehead atoms. The smallest absolute Gasteiger partial charge is 0.255 e. The van der Waals surface area contributed by atoms with E-state index >= 15 is 0 Å². The second-order valence-electron chi connectivity index (χ2n) is 11.8. The van der Waals surface area contributed by atoms with E-state index in [1.165, 1.54) is 4.80 Å². The third-order valence-electron chi connectivity index (χ3n) is 8.71. The fraction of sp³-hybridized carbons (Fsp3) is 0.394. The van der Waals surface area contributed by atoms with Crippen molar-refractivity contribution < 1.29 is 9.59 Å². The second-order valence-corrected chi connectivity index (χ2v) is 11.8. The Labute approximate surface area is 263 Å². The summed E-state index contributed by atoms with van der Waals surface area (Å²) in [6.45, 7) is 10.0. The number of hydrogen-bond donors (Lipinski definition) is 2. The predicted molar refractivity (Wildman–Crippen MR) is 173 cm³/mol. The van der Waals surface area contributed by atoms with E-state index in [1.54, 1.807) is 25.1 Å². The topological polar surface area (TPSA) is 124 Å². The standard InChI is InChI=1S/C33H40N10O2/c1-6-23-18-34-29(38-30-19-35-41(5)39-30)17-26(23)24-10-11-25-20-43(33(45)27(25)16-24)22(3)32(44)36-21(2)28-8-7-9-31(37-28)42-14-12-40(4)13-15-42/h7-11,16-19,21-22H,6,12-15,20H2,1-5H3,(H,36,44)(H,34,38,39)/t21-,22-/m1/s1. The lowest BCUT2D eigenvalue weighted by molar-refractivity contribution is -0.125. The molecule has 1 fully saturated rings. The van der Waals surface area contributed by atoms with E-state index in [2.05, 4.69) is 49.6 Å². The molecule has 2 N–H and O–H groups in total. The van der Waals surface area contributed by atoms with Gasteiger partial charge in [-0.15, -0.1) is 5.10 Å². The van der Waals surface area contributed by atoms with E-state index in [9.17, 15) is 9.59 Å². The first-order chi connectivity index (χ1) is 21.7. The average Bonchev–Trinajstić information content (AvgIpc) is 3.62. The lowest BCUT2D eigenvalue weighted by atomic mass is 9.96. The largest absolute Gasteiger partial charge is 0.354 e. The Kier molecular flexibility index (Phi) is 8.48. The number of nitrogens with zero attached hydrogens (tertiary/aromatic N) is 8. The summed E-state index contributed by atoms with van der Waals surface area (Å²) in [5.74, 6) is 1.80. The number of hydrogen-bond acceptors (Lipinski definition) is 9. The Morgan fingerprint density at radius 3 is 2.51 bits per heavy atom. The lowest BCUT2D eigenvalue weighted by Crippen LogP contribution is -2.46. The minimum absolute atomic E-state index is 0.151. The molecule has 0 saturated carbocycles. The maximum atomic E-state index is 13.7. The van der Waals surface area contributed by atoms with E-state index in [0.29, 0.717) is 23.7 Å². The molecule has 234 valence electrons. The van der Waals surface area contributed by atoms with E-state index < -0.39 is 6.04 Å². The monoisotopic (exact) mass is 608 g/mol. The molecule has 2 aliphatic rings. The second kappa shape index (κ2) is 12.6. The number of anilines is 3. The zero-order valence-corrected chi connectivity index (χ0v) is 26.5. The average molecular weight is 609 g/mol. The van der Waals surface area contributed by atoms with Crippen LogP contribution in [-0.2, 0) is 24.8 Å². The minimum atomic E-state index is -0.647. The quantitative estimate of drug-likeness (QED) is 0.294. The van der Waals surface area contributed by atoms with Crippen LogP contribution in [0, 0.1) is 0 Å². The number of carbonyl (C=O) groups excluding carboxylic acids is 2. The van der Waals surface area contributed by atoms with Crippen molar-refractivity contribution in [1.29, 1.82) is 0 Å². The highest BCUT2D eigenvalue weighted by Crippen LogP contribution is 2.33. The molecule has 6 rings (SSSR count). The van der Waals surface area contributed by atoms with Crippen LogP contribution in [-0.4, -0.2) is 85.8 Å². The fourth-order valence-corrected chi connectivity index (χ4v) is 5.88. The first-order valence-electron chi connectivity index (χ1n) is 15.5. The molecule has 1 saturated heterocycles. The van der Waals surface area contributed by atoms with Gasteiger partial charge in [0.05, 0.1) is 17.9 Å². The van der Waals surface area contributed by atoms with Gasteiger partial charge in [0.15, 0.2) is 5.82 Å². The van der Waals surface area contributed by atoms with Crippen LogP contribution in [0.5, 0.6) is 0 Å². The summed E-state index contributed by atoms with van der Waals surface area (Å²) in [6.07, 6.45) is 4.27. The molecule has 0 unspecified atom stereocenters. The summed E-state index contributed by atoms with van der Waals surface area (Å²) >= 11 is 0.